The molecule has 0 spiro atoms. The molecule has 0 aliphatic heterocycles. The van der Waals surface area contributed by atoms with E-state index in [0.29, 0.717) is 4.47 Å². The predicted octanol–water partition coefficient (Wildman–Crippen LogP) is 1.43. The Hall–Kier alpha value is -1.48. The standard InChI is InChI=1S/C9H12BrN3O4S/c1-2-17-9(14)13-18(15,16)12-8-4-3-6(10)5-7(8)11/h3-5,12H,2,11H2,1H3,(H,13,14). The van der Waals surface area contributed by atoms with Crippen LogP contribution in [-0.4, -0.2) is 21.1 Å². The van der Waals surface area contributed by atoms with Gasteiger partial charge in [0.15, 0.2) is 0 Å². The van der Waals surface area contributed by atoms with Gasteiger partial charge in [-0.05, 0) is 25.1 Å². The molecule has 7 nitrogen and oxygen atoms in total. The lowest BCUT2D eigenvalue weighted by Crippen LogP contribution is -2.35. The van der Waals surface area contributed by atoms with Crippen molar-refractivity contribution in [3.63, 3.8) is 0 Å². The van der Waals surface area contributed by atoms with Crippen LogP contribution in [0.3, 0.4) is 0 Å². The number of halogens is 1. The Morgan fingerprint density at radius 3 is 2.72 bits per heavy atom. The number of hydrogen-bond acceptors (Lipinski definition) is 5. The van der Waals surface area contributed by atoms with Crippen LogP contribution in [0.15, 0.2) is 22.7 Å². The molecule has 9 heteroatoms. The van der Waals surface area contributed by atoms with Crippen molar-refractivity contribution in [2.24, 2.45) is 0 Å². The average molecular weight is 338 g/mol. The normalized spacial score (nSPS) is 10.8. The average Bonchev–Trinajstić information content (AvgIpc) is 2.21. The van der Waals surface area contributed by atoms with Crippen molar-refractivity contribution >= 4 is 43.6 Å². The number of nitrogen functional groups attached to an aromatic ring is 1. The third kappa shape index (κ3) is 4.41. The van der Waals surface area contributed by atoms with Crippen LogP contribution < -0.4 is 15.2 Å². The summed E-state index contributed by atoms with van der Waals surface area (Å²) in [6.45, 7) is 1.63. The van der Waals surface area contributed by atoms with Crippen molar-refractivity contribution in [3.05, 3.63) is 22.7 Å². The van der Waals surface area contributed by atoms with Gasteiger partial charge in [-0.1, -0.05) is 15.9 Å². The summed E-state index contributed by atoms with van der Waals surface area (Å²) < 4.78 is 32.0. The maximum absolute atomic E-state index is 11.5. The maximum Gasteiger partial charge on any atom is 0.422 e. The molecule has 0 bridgehead atoms. The zero-order valence-electron chi connectivity index (χ0n) is 9.44. The number of carbonyl (C=O) groups excluding carboxylic acids is 1. The lowest BCUT2D eigenvalue weighted by Gasteiger charge is -2.11. The molecule has 1 aromatic rings. The summed E-state index contributed by atoms with van der Waals surface area (Å²) in [6.07, 6.45) is -1.05. The Bertz CT molecular complexity index is 547. The summed E-state index contributed by atoms with van der Waals surface area (Å²) in [4.78, 5) is 11.0. The van der Waals surface area contributed by atoms with Crippen LogP contribution in [0, 0.1) is 0 Å². The largest absolute Gasteiger partial charge is 0.449 e. The van der Waals surface area contributed by atoms with E-state index < -0.39 is 16.3 Å². The van der Waals surface area contributed by atoms with E-state index in [2.05, 4.69) is 25.4 Å². The number of anilines is 2. The molecule has 0 radical (unpaired) electrons. The number of ether oxygens (including phenoxy) is 1. The molecule has 1 rings (SSSR count). The Morgan fingerprint density at radius 2 is 2.17 bits per heavy atom. The first-order chi connectivity index (χ1) is 8.34. The van der Waals surface area contributed by atoms with Gasteiger partial charge in [0, 0.05) is 4.47 Å². The van der Waals surface area contributed by atoms with Crippen LogP contribution in [0.5, 0.6) is 0 Å². The van der Waals surface area contributed by atoms with E-state index in [1.165, 1.54) is 12.1 Å². The van der Waals surface area contributed by atoms with Gasteiger partial charge in [0.25, 0.3) is 0 Å². The van der Waals surface area contributed by atoms with Gasteiger partial charge in [-0.3, -0.25) is 4.72 Å². The third-order valence-electron chi connectivity index (χ3n) is 1.75. The number of nitrogens with one attached hydrogen (secondary N) is 2. The maximum atomic E-state index is 11.5. The number of hydrogen-bond donors (Lipinski definition) is 3. The smallest absolute Gasteiger partial charge is 0.422 e. The topological polar surface area (TPSA) is 111 Å². The fourth-order valence-electron chi connectivity index (χ4n) is 1.07. The number of nitrogens with two attached hydrogens (primary N) is 1. The zero-order valence-corrected chi connectivity index (χ0v) is 11.8. The second-order valence-corrected chi connectivity index (χ2v) is 5.49. The monoisotopic (exact) mass is 337 g/mol. The molecule has 100 valence electrons. The lowest BCUT2D eigenvalue weighted by molar-refractivity contribution is 0.159. The molecule has 0 aliphatic rings. The van der Waals surface area contributed by atoms with E-state index in [-0.39, 0.29) is 18.0 Å². The van der Waals surface area contributed by atoms with Gasteiger partial charge >= 0.3 is 16.3 Å². The van der Waals surface area contributed by atoms with E-state index in [9.17, 15) is 13.2 Å². The number of rotatable bonds is 4. The summed E-state index contributed by atoms with van der Waals surface area (Å²) in [5.41, 5.74) is 6.00. The van der Waals surface area contributed by atoms with Crippen molar-refractivity contribution in [1.29, 1.82) is 0 Å². The highest BCUT2D eigenvalue weighted by Gasteiger charge is 2.16. The summed E-state index contributed by atoms with van der Waals surface area (Å²) in [6, 6.07) is 4.60. The predicted molar refractivity (Wildman–Crippen MR) is 71.3 cm³/mol. The number of benzene rings is 1. The van der Waals surface area contributed by atoms with E-state index in [4.69, 9.17) is 5.73 Å². The van der Waals surface area contributed by atoms with Crippen LogP contribution in [0.4, 0.5) is 16.2 Å². The van der Waals surface area contributed by atoms with Gasteiger partial charge in [-0.15, -0.1) is 0 Å². The second kappa shape index (κ2) is 5.91. The van der Waals surface area contributed by atoms with Gasteiger partial charge in [0.1, 0.15) is 0 Å². The van der Waals surface area contributed by atoms with Crippen LogP contribution in [0.1, 0.15) is 6.92 Å². The first-order valence-electron chi connectivity index (χ1n) is 4.86. The minimum atomic E-state index is -4.06. The molecule has 18 heavy (non-hydrogen) atoms. The Labute approximate surface area is 113 Å². The van der Waals surface area contributed by atoms with E-state index >= 15 is 0 Å². The molecule has 0 fully saturated rings. The molecule has 0 aromatic heterocycles. The summed E-state index contributed by atoms with van der Waals surface area (Å²) in [7, 11) is -4.06. The summed E-state index contributed by atoms with van der Waals surface area (Å²) in [5, 5.41) is 0. The quantitative estimate of drug-likeness (QED) is 0.720. The second-order valence-electron chi connectivity index (χ2n) is 3.16. The Kier molecular flexibility index (Phi) is 4.79. The van der Waals surface area contributed by atoms with Gasteiger partial charge < -0.3 is 10.5 Å². The third-order valence-corrected chi connectivity index (χ3v) is 3.17. The molecule has 0 saturated carbocycles. The first-order valence-corrected chi connectivity index (χ1v) is 7.14. The molecular weight excluding hydrogens is 326 g/mol. The van der Waals surface area contributed by atoms with Crippen molar-refractivity contribution < 1.29 is 17.9 Å². The van der Waals surface area contributed by atoms with E-state index in [1.54, 1.807) is 17.7 Å². The van der Waals surface area contributed by atoms with Gasteiger partial charge in [-0.2, -0.15) is 8.42 Å². The highest BCUT2D eigenvalue weighted by molar-refractivity contribution is 9.10. The number of carbonyl (C=O) groups is 1. The minimum absolute atomic E-state index is 0.0712. The SMILES string of the molecule is CCOC(=O)NS(=O)(=O)Nc1ccc(Br)cc1N. The van der Waals surface area contributed by atoms with Crippen molar-refractivity contribution in [3.8, 4) is 0 Å². The zero-order chi connectivity index (χ0) is 13.8. The summed E-state index contributed by atoms with van der Waals surface area (Å²) in [5.74, 6) is 0. The number of amides is 1. The van der Waals surface area contributed by atoms with Gasteiger partial charge in [0.2, 0.25) is 0 Å². The van der Waals surface area contributed by atoms with Gasteiger partial charge in [0.05, 0.1) is 18.0 Å². The van der Waals surface area contributed by atoms with Gasteiger partial charge in [-0.25, -0.2) is 9.52 Å². The first kappa shape index (κ1) is 14.6. The fraction of sp³-hybridized carbons (Fsp3) is 0.222. The molecule has 0 heterocycles. The Balaban J connectivity index is 2.79. The van der Waals surface area contributed by atoms with E-state index in [0.717, 1.165) is 0 Å². The molecular formula is C9H12BrN3O4S. The lowest BCUT2D eigenvalue weighted by atomic mass is 10.3. The highest BCUT2D eigenvalue weighted by Crippen LogP contribution is 2.23. The van der Waals surface area contributed by atoms with Crippen LogP contribution in [0.2, 0.25) is 0 Å². The van der Waals surface area contributed by atoms with Crippen LogP contribution >= 0.6 is 15.9 Å². The summed E-state index contributed by atoms with van der Waals surface area (Å²) >= 11 is 3.19. The van der Waals surface area contributed by atoms with E-state index in [1.807, 2.05) is 0 Å². The van der Waals surface area contributed by atoms with Crippen molar-refractivity contribution in [2.45, 2.75) is 6.92 Å². The molecule has 0 unspecified atom stereocenters. The fourth-order valence-corrected chi connectivity index (χ4v) is 2.25. The highest BCUT2D eigenvalue weighted by atomic mass is 79.9. The minimum Gasteiger partial charge on any atom is -0.449 e. The molecule has 0 atom stereocenters. The Morgan fingerprint density at radius 1 is 1.50 bits per heavy atom. The molecule has 0 aliphatic carbocycles. The van der Waals surface area contributed by atoms with Crippen molar-refractivity contribution in [2.75, 3.05) is 17.1 Å². The van der Waals surface area contributed by atoms with Crippen LogP contribution in [-0.2, 0) is 14.9 Å². The van der Waals surface area contributed by atoms with Crippen LogP contribution in [0.25, 0.3) is 0 Å². The molecule has 1 aromatic carbocycles. The molecule has 0 saturated heterocycles. The molecule has 4 N–H and O–H groups in total. The molecule has 1 amide bonds. The van der Waals surface area contributed by atoms with Crippen molar-refractivity contribution in [1.82, 2.24) is 4.72 Å².